The summed E-state index contributed by atoms with van der Waals surface area (Å²) in [5, 5.41) is 0. The van der Waals surface area contributed by atoms with E-state index < -0.39 is 14.5 Å². The van der Waals surface area contributed by atoms with Crippen molar-refractivity contribution in [3.05, 3.63) is 35.9 Å². The van der Waals surface area contributed by atoms with Gasteiger partial charge in [0.15, 0.2) is 9.84 Å². The van der Waals surface area contributed by atoms with E-state index in [1.165, 1.54) is 6.92 Å². The van der Waals surface area contributed by atoms with E-state index in [1.807, 2.05) is 30.3 Å². The van der Waals surface area contributed by atoms with Crippen LogP contribution in [0.5, 0.6) is 0 Å². The van der Waals surface area contributed by atoms with Gasteiger partial charge in [-0.25, -0.2) is 8.42 Å². The van der Waals surface area contributed by atoms with Crippen LogP contribution in [-0.2, 0) is 9.84 Å². The van der Waals surface area contributed by atoms with E-state index in [4.69, 9.17) is 17.3 Å². The number of hydrogen-bond acceptors (Lipinski definition) is 3. The first-order valence-electron chi connectivity index (χ1n) is 6.09. The largest absolute Gasteiger partial charge is 0.324 e. The maximum absolute atomic E-state index is 11.5. The summed E-state index contributed by atoms with van der Waals surface area (Å²) in [6.45, 7) is 1.49. The van der Waals surface area contributed by atoms with Crippen LogP contribution in [-0.4, -0.2) is 18.9 Å². The number of sulfone groups is 1. The fraction of sp³-hybridized carbons (Fsp3) is 0.538. The van der Waals surface area contributed by atoms with Crippen LogP contribution in [0.1, 0.15) is 37.8 Å². The van der Waals surface area contributed by atoms with E-state index in [0.717, 1.165) is 18.4 Å². The molecule has 3 nitrogen and oxygen atoms in total. The second-order valence-electron chi connectivity index (χ2n) is 4.42. The third-order valence-electron chi connectivity index (χ3n) is 2.92. The minimum Gasteiger partial charge on any atom is -0.324 e. The van der Waals surface area contributed by atoms with E-state index in [1.54, 1.807) is 0 Å². The zero-order valence-electron chi connectivity index (χ0n) is 10.5. The van der Waals surface area contributed by atoms with E-state index in [0.29, 0.717) is 6.42 Å². The van der Waals surface area contributed by atoms with Crippen molar-refractivity contribution >= 4 is 21.4 Å². The molecule has 2 atom stereocenters. The lowest BCUT2D eigenvalue weighted by molar-refractivity contribution is 0.575. The Labute approximate surface area is 114 Å². The number of unbranched alkanes of at least 4 members (excludes halogenated alkanes) is 1. The molecule has 2 N–H and O–H groups in total. The molecule has 18 heavy (non-hydrogen) atoms. The molecule has 0 aliphatic heterocycles. The molecule has 0 aliphatic rings. The van der Waals surface area contributed by atoms with E-state index in [9.17, 15) is 8.42 Å². The second-order valence-corrected chi connectivity index (χ2v) is 7.78. The van der Waals surface area contributed by atoms with Crippen molar-refractivity contribution in [2.75, 3.05) is 5.75 Å². The molecule has 0 bridgehead atoms. The first kappa shape index (κ1) is 15.5. The predicted molar refractivity (Wildman–Crippen MR) is 76.3 cm³/mol. The summed E-state index contributed by atoms with van der Waals surface area (Å²) >= 11 is 5.59. The SMILES string of the molecule is CC(Cl)S(=O)(=O)CCCCC(N)c1ccccc1. The molecule has 0 saturated heterocycles. The highest BCUT2D eigenvalue weighted by molar-refractivity contribution is 7.93. The van der Waals surface area contributed by atoms with E-state index in [2.05, 4.69) is 0 Å². The molecular formula is C13H20ClNO2S. The van der Waals surface area contributed by atoms with Gasteiger partial charge < -0.3 is 5.73 Å². The highest BCUT2D eigenvalue weighted by Crippen LogP contribution is 2.17. The molecule has 0 aliphatic carbocycles. The minimum absolute atomic E-state index is 0.0256. The average molecular weight is 290 g/mol. The second kappa shape index (κ2) is 7.12. The first-order chi connectivity index (χ1) is 8.43. The Bertz CT molecular complexity index is 445. The summed E-state index contributed by atoms with van der Waals surface area (Å²) in [6.07, 6.45) is 2.19. The Morgan fingerprint density at radius 3 is 2.39 bits per heavy atom. The van der Waals surface area contributed by atoms with Gasteiger partial charge in [0.05, 0.1) is 5.75 Å². The lowest BCUT2D eigenvalue weighted by Crippen LogP contribution is -2.16. The Hall–Kier alpha value is -0.580. The van der Waals surface area contributed by atoms with Gasteiger partial charge in [-0.15, -0.1) is 11.6 Å². The maximum Gasteiger partial charge on any atom is 0.166 e. The molecule has 0 heterocycles. The topological polar surface area (TPSA) is 60.2 Å². The van der Waals surface area contributed by atoms with Crippen LogP contribution in [0, 0.1) is 0 Å². The smallest absolute Gasteiger partial charge is 0.166 e. The zero-order valence-corrected chi connectivity index (χ0v) is 12.1. The molecule has 5 heteroatoms. The maximum atomic E-state index is 11.5. The summed E-state index contributed by atoms with van der Waals surface area (Å²) < 4.78 is 22.2. The van der Waals surface area contributed by atoms with Gasteiger partial charge in [0, 0.05) is 6.04 Å². The van der Waals surface area contributed by atoms with Crippen LogP contribution in [0.15, 0.2) is 30.3 Å². The van der Waals surface area contributed by atoms with Gasteiger partial charge in [0.2, 0.25) is 0 Å². The van der Waals surface area contributed by atoms with Gasteiger partial charge in [-0.05, 0) is 25.3 Å². The van der Waals surface area contributed by atoms with Crippen molar-refractivity contribution < 1.29 is 8.42 Å². The van der Waals surface area contributed by atoms with Gasteiger partial charge in [-0.1, -0.05) is 36.8 Å². The van der Waals surface area contributed by atoms with Crippen LogP contribution in [0.3, 0.4) is 0 Å². The van der Waals surface area contributed by atoms with E-state index >= 15 is 0 Å². The summed E-state index contributed by atoms with van der Waals surface area (Å²) in [5.41, 5.74) is 7.12. The third-order valence-corrected chi connectivity index (χ3v) is 5.58. The fourth-order valence-electron chi connectivity index (χ4n) is 1.70. The van der Waals surface area contributed by atoms with Crippen LogP contribution < -0.4 is 5.73 Å². The van der Waals surface area contributed by atoms with Crippen molar-refractivity contribution in [1.29, 1.82) is 0 Å². The third kappa shape index (κ3) is 4.96. The number of hydrogen-bond donors (Lipinski definition) is 1. The minimum atomic E-state index is -3.14. The lowest BCUT2D eigenvalue weighted by Gasteiger charge is -2.12. The molecule has 0 aromatic heterocycles. The number of benzene rings is 1. The fourth-order valence-corrected chi connectivity index (χ4v) is 2.90. The van der Waals surface area contributed by atoms with E-state index in [-0.39, 0.29) is 11.8 Å². The van der Waals surface area contributed by atoms with Gasteiger partial charge in [0.25, 0.3) is 0 Å². The summed E-state index contributed by atoms with van der Waals surface area (Å²) in [4.78, 5) is 0. The summed E-state index contributed by atoms with van der Waals surface area (Å²) in [7, 11) is -3.14. The molecule has 1 aromatic rings. The molecule has 0 amide bonds. The molecule has 0 fully saturated rings. The average Bonchev–Trinajstić information content (AvgIpc) is 2.35. The van der Waals surface area contributed by atoms with Crippen molar-refractivity contribution in [2.24, 2.45) is 5.73 Å². The predicted octanol–water partition coefficient (Wildman–Crippen LogP) is 2.86. The summed E-state index contributed by atoms with van der Waals surface area (Å²) in [5.74, 6) is 0.138. The Morgan fingerprint density at radius 2 is 1.83 bits per heavy atom. The number of alkyl halides is 1. The van der Waals surface area contributed by atoms with Crippen molar-refractivity contribution in [1.82, 2.24) is 0 Å². The van der Waals surface area contributed by atoms with Gasteiger partial charge in [0.1, 0.15) is 4.71 Å². The zero-order chi connectivity index (χ0) is 13.6. The number of halogens is 1. The first-order valence-corrected chi connectivity index (χ1v) is 8.25. The Balaban J connectivity index is 2.31. The number of rotatable bonds is 7. The highest BCUT2D eigenvalue weighted by atomic mass is 35.5. The monoisotopic (exact) mass is 289 g/mol. The van der Waals surface area contributed by atoms with Gasteiger partial charge in [-0.2, -0.15) is 0 Å². The quantitative estimate of drug-likeness (QED) is 0.620. The Kier molecular flexibility index (Phi) is 6.12. The normalized spacial score (nSPS) is 15.3. The van der Waals surface area contributed by atoms with Crippen molar-refractivity contribution in [2.45, 2.75) is 36.9 Å². The van der Waals surface area contributed by atoms with Crippen LogP contribution in [0.2, 0.25) is 0 Å². The van der Waals surface area contributed by atoms with Gasteiger partial charge >= 0.3 is 0 Å². The molecule has 2 unspecified atom stereocenters. The van der Waals surface area contributed by atoms with Gasteiger partial charge in [-0.3, -0.25) is 0 Å². The van der Waals surface area contributed by atoms with Crippen molar-refractivity contribution in [3.8, 4) is 0 Å². The van der Waals surface area contributed by atoms with Crippen LogP contribution in [0.25, 0.3) is 0 Å². The van der Waals surface area contributed by atoms with Crippen molar-refractivity contribution in [3.63, 3.8) is 0 Å². The molecule has 102 valence electrons. The van der Waals surface area contributed by atoms with Crippen LogP contribution >= 0.6 is 11.6 Å². The lowest BCUT2D eigenvalue weighted by atomic mass is 10.0. The molecule has 1 rings (SSSR count). The number of nitrogens with two attached hydrogens (primary N) is 1. The molecular weight excluding hydrogens is 270 g/mol. The standard InChI is InChI=1S/C13H20ClNO2S/c1-11(14)18(16,17)10-6-5-9-13(15)12-7-3-2-4-8-12/h2-4,7-8,11,13H,5-6,9-10,15H2,1H3. The molecule has 1 aromatic carbocycles. The Morgan fingerprint density at radius 1 is 1.22 bits per heavy atom. The molecule has 0 saturated carbocycles. The molecule has 0 spiro atoms. The summed E-state index contributed by atoms with van der Waals surface area (Å²) in [6, 6.07) is 9.81. The molecule has 0 radical (unpaired) electrons. The highest BCUT2D eigenvalue weighted by Gasteiger charge is 2.17. The van der Waals surface area contributed by atoms with Crippen LogP contribution in [0.4, 0.5) is 0 Å².